The van der Waals surface area contributed by atoms with Crippen LogP contribution in [0.3, 0.4) is 0 Å². The molecular weight excluding hydrogens is 379 g/mol. The van der Waals surface area contributed by atoms with E-state index in [1.807, 2.05) is 0 Å². The zero-order valence-corrected chi connectivity index (χ0v) is 15.4. The average molecular weight is 395 g/mol. The van der Waals surface area contributed by atoms with Crippen LogP contribution in [0.15, 0.2) is 42.5 Å². The molecule has 0 aromatic heterocycles. The monoisotopic (exact) mass is 394 g/mol. The smallest absolute Gasteiger partial charge is 0.325 e. The lowest BCUT2D eigenvalue weighted by Crippen LogP contribution is -2.32. The average Bonchev–Trinajstić information content (AvgIpc) is 2.65. The topological polar surface area (TPSA) is 84.5 Å². The number of rotatable bonds is 6. The number of nitrogens with one attached hydrogen (secondary N) is 2. The summed E-state index contributed by atoms with van der Waals surface area (Å²) in [6.07, 6.45) is 0. The number of benzene rings is 2. The molecule has 0 spiro atoms. The van der Waals surface area contributed by atoms with Gasteiger partial charge in [-0.2, -0.15) is 0 Å². The van der Waals surface area contributed by atoms with Gasteiger partial charge in [-0.25, -0.2) is 0 Å². The Hall–Kier alpha value is -2.57. The predicted octanol–water partition coefficient (Wildman–Crippen LogP) is 3.21. The molecule has 0 radical (unpaired) electrons. The summed E-state index contributed by atoms with van der Waals surface area (Å²) in [5.41, 5.74) is 1.42. The van der Waals surface area contributed by atoms with Gasteiger partial charge < -0.3 is 15.4 Å². The molecule has 136 valence electrons. The molecule has 0 saturated carbocycles. The Morgan fingerprint density at radius 3 is 2.42 bits per heavy atom. The van der Waals surface area contributed by atoms with Crippen molar-refractivity contribution in [2.75, 3.05) is 18.5 Å². The molecule has 0 saturated heterocycles. The van der Waals surface area contributed by atoms with Crippen molar-refractivity contribution in [3.05, 3.63) is 63.6 Å². The molecule has 0 aliphatic heterocycles. The van der Waals surface area contributed by atoms with Crippen molar-refractivity contribution in [1.82, 2.24) is 5.32 Å². The van der Waals surface area contributed by atoms with E-state index in [0.717, 1.165) is 5.56 Å². The Labute approximate surface area is 160 Å². The minimum atomic E-state index is -0.745. The Bertz CT molecular complexity index is 825. The predicted molar refractivity (Wildman–Crippen MR) is 99.6 cm³/mol. The number of aryl methyl sites for hydroxylation is 1. The Morgan fingerprint density at radius 1 is 1.04 bits per heavy atom. The normalized spacial score (nSPS) is 10.1. The van der Waals surface area contributed by atoms with E-state index in [1.54, 1.807) is 49.4 Å². The largest absolute Gasteiger partial charge is 0.454 e. The summed E-state index contributed by atoms with van der Waals surface area (Å²) in [6.45, 7) is 0.886. The van der Waals surface area contributed by atoms with Gasteiger partial charge in [-0.3, -0.25) is 14.4 Å². The van der Waals surface area contributed by atoms with Gasteiger partial charge in [0.15, 0.2) is 6.61 Å². The van der Waals surface area contributed by atoms with Crippen LogP contribution in [0.5, 0.6) is 0 Å². The van der Waals surface area contributed by atoms with Gasteiger partial charge in [0.05, 0.1) is 15.7 Å². The quantitative estimate of drug-likeness (QED) is 0.736. The molecule has 0 aliphatic rings. The van der Waals surface area contributed by atoms with E-state index >= 15 is 0 Å². The molecule has 2 rings (SSSR count). The maximum atomic E-state index is 11.9. The molecule has 6 nitrogen and oxygen atoms in total. The van der Waals surface area contributed by atoms with Gasteiger partial charge in [0.2, 0.25) is 0 Å². The molecule has 2 N–H and O–H groups in total. The third kappa shape index (κ3) is 5.47. The van der Waals surface area contributed by atoms with Crippen LogP contribution in [0, 0.1) is 6.92 Å². The lowest BCUT2D eigenvalue weighted by atomic mass is 10.2. The molecular formula is C18H16Cl2N2O4. The second-order valence-corrected chi connectivity index (χ2v) is 6.10. The standard InChI is InChI=1S/C18H16Cl2N2O4/c1-11-7-8-13(19)17(16(11)20)22-14(23)10-26-15(24)9-21-18(25)12-5-3-2-4-6-12/h2-8H,9-10H2,1H3,(H,21,25)(H,22,23). The fourth-order valence-electron chi connectivity index (χ4n) is 1.99. The molecule has 2 amide bonds. The molecule has 0 aliphatic carbocycles. The third-order valence-corrected chi connectivity index (χ3v) is 4.14. The van der Waals surface area contributed by atoms with Crippen molar-refractivity contribution in [3.63, 3.8) is 0 Å². The van der Waals surface area contributed by atoms with Gasteiger partial charge in [-0.1, -0.05) is 47.5 Å². The van der Waals surface area contributed by atoms with Crippen molar-refractivity contribution in [1.29, 1.82) is 0 Å². The summed E-state index contributed by atoms with van der Waals surface area (Å²) in [4.78, 5) is 35.4. The minimum Gasteiger partial charge on any atom is -0.454 e. The van der Waals surface area contributed by atoms with E-state index < -0.39 is 24.4 Å². The van der Waals surface area contributed by atoms with E-state index in [0.29, 0.717) is 10.6 Å². The fourth-order valence-corrected chi connectivity index (χ4v) is 2.45. The number of esters is 1. The van der Waals surface area contributed by atoms with E-state index in [9.17, 15) is 14.4 Å². The molecule has 0 heterocycles. The highest BCUT2D eigenvalue weighted by atomic mass is 35.5. The highest BCUT2D eigenvalue weighted by Gasteiger charge is 2.14. The molecule has 0 bridgehead atoms. The summed E-state index contributed by atoms with van der Waals surface area (Å²) in [7, 11) is 0. The van der Waals surface area contributed by atoms with Crippen LogP contribution in [-0.4, -0.2) is 30.9 Å². The van der Waals surface area contributed by atoms with Crippen LogP contribution in [0.2, 0.25) is 10.0 Å². The number of amides is 2. The lowest BCUT2D eigenvalue weighted by molar-refractivity contribution is -0.146. The molecule has 2 aromatic carbocycles. The minimum absolute atomic E-state index is 0.256. The van der Waals surface area contributed by atoms with Crippen LogP contribution in [-0.2, 0) is 14.3 Å². The van der Waals surface area contributed by atoms with Gasteiger partial charge >= 0.3 is 5.97 Å². The SMILES string of the molecule is Cc1ccc(Cl)c(NC(=O)COC(=O)CNC(=O)c2ccccc2)c1Cl. The van der Waals surface area contributed by atoms with Crippen molar-refractivity contribution in [2.24, 2.45) is 0 Å². The summed E-state index contributed by atoms with van der Waals surface area (Å²) >= 11 is 12.1. The number of hydrogen-bond donors (Lipinski definition) is 2. The first-order valence-electron chi connectivity index (χ1n) is 7.62. The van der Waals surface area contributed by atoms with Crippen LogP contribution >= 0.6 is 23.2 Å². The number of halogens is 2. The summed E-state index contributed by atoms with van der Waals surface area (Å²) in [6, 6.07) is 11.7. The Kier molecular flexibility index (Phi) is 7.00. The molecule has 26 heavy (non-hydrogen) atoms. The van der Waals surface area contributed by atoms with Gasteiger partial charge in [-0.15, -0.1) is 0 Å². The van der Waals surface area contributed by atoms with Gasteiger partial charge in [0.25, 0.3) is 11.8 Å². The maximum absolute atomic E-state index is 11.9. The number of hydrogen-bond acceptors (Lipinski definition) is 4. The zero-order chi connectivity index (χ0) is 19.1. The molecule has 8 heteroatoms. The van der Waals surface area contributed by atoms with Crippen LogP contribution in [0.1, 0.15) is 15.9 Å². The number of ether oxygens (including phenoxy) is 1. The van der Waals surface area contributed by atoms with Crippen molar-refractivity contribution >= 4 is 46.7 Å². The highest BCUT2D eigenvalue weighted by Crippen LogP contribution is 2.32. The van der Waals surface area contributed by atoms with E-state index in [-0.39, 0.29) is 17.3 Å². The zero-order valence-electron chi connectivity index (χ0n) is 13.8. The number of carbonyl (C=O) groups is 3. The Balaban J connectivity index is 1.80. The second-order valence-electron chi connectivity index (χ2n) is 5.31. The first-order valence-corrected chi connectivity index (χ1v) is 8.37. The molecule has 2 aromatic rings. The first-order chi connectivity index (χ1) is 12.4. The molecule has 0 unspecified atom stereocenters. The lowest BCUT2D eigenvalue weighted by Gasteiger charge is -2.11. The fraction of sp³-hybridized carbons (Fsp3) is 0.167. The number of anilines is 1. The van der Waals surface area contributed by atoms with E-state index in [2.05, 4.69) is 10.6 Å². The van der Waals surface area contributed by atoms with Crippen molar-refractivity contribution in [3.8, 4) is 0 Å². The van der Waals surface area contributed by atoms with Crippen LogP contribution in [0.25, 0.3) is 0 Å². The highest BCUT2D eigenvalue weighted by molar-refractivity contribution is 6.40. The van der Waals surface area contributed by atoms with Gasteiger partial charge in [0.1, 0.15) is 6.54 Å². The maximum Gasteiger partial charge on any atom is 0.325 e. The van der Waals surface area contributed by atoms with Gasteiger partial charge in [0, 0.05) is 5.56 Å². The number of carbonyl (C=O) groups excluding carboxylic acids is 3. The van der Waals surface area contributed by atoms with E-state index in [4.69, 9.17) is 27.9 Å². The van der Waals surface area contributed by atoms with Crippen LogP contribution in [0.4, 0.5) is 5.69 Å². The van der Waals surface area contributed by atoms with Crippen molar-refractivity contribution < 1.29 is 19.1 Å². The second kappa shape index (κ2) is 9.22. The van der Waals surface area contributed by atoms with Gasteiger partial charge in [-0.05, 0) is 30.7 Å². The molecule has 0 fully saturated rings. The first kappa shape index (κ1) is 19.8. The van der Waals surface area contributed by atoms with Crippen LogP contribution < -0.4 is 10.6 Å². The third-order valence-electron chi connectivity index (χ3n) is 3.34. The van der Waals surface area contributed by atoms with E-state index in [1.165, 1.54) is 0 Å². The molecule has 0 atom stereocenters. The summed E-state index contributed by atoms with van der Waals surface area (Å²) in [5.74, 6) is -1.75. The van der Waals surface area contributed by atoms with Crippen molar-refractivity contribution in [2.45, 2.75) is 6.92 Å². The Morgan fingerprint density at radius 2 is 1.73 bits per heavy atom. The summed E-state index contributed by atoms with van der Waals surface area (Å²) < 4.78 is 4.82. The summed E-state index contributed by atoms with van der Waals surface area (Å²) in [5, 5.41) is 5.49.